The van der Waals surface area contributed by atoms with E-state index in [1.165, 1.54) is 8.71 Å². The third kappa shape index (κ3) is 2.19. The molecule has 0 aromatic carbocycles. The molecular formula is C12H18N4O2S. The predicted molar refractivity (Wildman–Crippen MR) is 74.3 cm³/mol. The summed E-state index contributed by atoms with van der Waals surface area (Å²) in [6.45, 7) is 3.80. The van der Waals surface area contributed by atoms with Crippen LogP contribution in [-0.2, 0) is 10.0 Å². The van der Waals surface area contributed by atoms with Gasteiger partial charge in [-0.25, -0.2) is 13.4 Å². The van der Waals surface area contributed by atoms with Crippen LogP contribution in [0, 0.1) is 0 Å². The maximum atomic E-state index is 12.6. The molecular weight excluding hydrogens is 264 g/mol. The van der Waals surface area contributed by atoms with Crippen molar-refractivity contribution in [1.29, 1.82) is 0 Å². The SMILES string of the molecule is CCC(C)N(C)S(=O)(=O)c1c(N)nc2ccccn12. The molecule has 19 heavy (non-hydrogen) atoms. The van der Waals surface area contributed by atoms with Crippen LogP contribution in [0.5, 0.6) is 0 Å². The Balaban J connectivity index is 2.64. The first-order chi connectivity index (χ1) is 8.89. The maximum absolute atomic E-state index is 12.6. The Morgan fingerprint density at radius 1 is 1.47 bits per heavy atom. The van der Waals surface area contributed by atoms with E-state index < -0.39 is 10.0 Å². The van der Waals surface area contributed by atoms with Gasteiger partial charge >= 0.3 is 0 Å². The zero-order valence-electron chi connectivity index (χ0n) is 11.2. The molecule has 2 rings (SSSR count). The molecule has 0 amide bonds. The molecule has 7 heteroatoms. The number of rotatable bonds is 4. The fourth-order valence-corrected chi connectivity index (χ4v) is 3.49. The predicted octanol–water partition coefficient (Wildman–Crippen LogP) is 1.34. The van der Waals surface area contributed by atoms with E-state index in [1.54, 1.807) is 31.4 Å². The normalized spacial score (nSPS) is 14.1. The van der Waals surface area contributed by atoms with E-state index in [1.807, 2.05) is 13.8 Å². The van der Waals surface area contributed by atoms with E-state index in [2.05, 4.69) is 4.98 Å². The summed E-state index contributed by atoms with van der Waals surface area (Å²) in [7, 11) is -2.09. The monoisotopic (exact) mass is 282 g/mol. The zero-order chi connectivity index (χ0) is 14.2. The maximum Gasteiger partial charge on any atom is 0.262 e. The summed E-state index contributed by atoms with van der Waals surface area (Å²) in [5, 5.41) is 0.0332. The lowest BCUT2D eigenvalue weighted by molar-refractivity contribution is 0.379. The Bertz CT molecular complexity index is 693. The van der Waals surface area contributed by atoms with Crippen LogP contribution in [0.3, 0.4) is 0 Å². The average molecular weight is 282 g/mol. The van der Waals surface area contributed by atoms with Gasteiger partial charge in [0.2, 0.25) is 0 Å². The Hall–Kier alpha value is -1.60. The molecule has 0 radical (unpaired) electrons. The highest BCUT2D eigenvalue weighted by molar-refractivity contribution is 7.89. The second kappa shape index (κ2) is 4.82. The molecule has 0 aliphatic heterocycles. The van der Waals surface area contributed by atoms with Crippen molar-refractivity contribution in [3.8, 4) is 0 Å². The van der Waals surface area contributed by atoms with Gasteiger partial charge in [-0.1, -0.05) is 13.0 Å². The molecule has 0 aliphatic rings. The lowest BCUT2D eigenvalue weighted by atomic mass is 10.3. The summed E-state index contributed by atoms with van der Waals surface area (Å²) in [6.07, 6.45) is 2.38. The van der Waals surface area contributed by atoms with Gasteiger partial charge in [-0.15, -0.1) is 0 Å². The number of hydrogen-bond donors (Lipinski definition) is 1. The first-order valence-electron chi connectivity index (χ1n) is 6.10. The number of nitrogens with zero attached hydrogens (tertiary/aromatic N) is 3. The number of pyridine rings is 1. The first kappa shape index (κ1) is 13.8. The second-order valence-corrected chi connectivity index (χ2v) is 6.42. The standard InChI is InChI=1S/C12H18N4O2S/c1-4-9(2)15(3)19(17,18)12-11(13)14-10-7-5-6-8-16(10)12/h5-9H,4,13H2,1-3H3. The summed E-state index contributed by atoms with van der Waals surface area (Å²) in [5.74, 6) is 0.0290. The van der Waals surface area contributed by atoms with Crippen LogP contribution >= 0.6 is 0 Å². The number of nitrogens with two attached hydrogens (primary N) is 1. The van der Waals surface area contributed by atoms with Gasteiger partial charge in [-0.2, -0.15) is 4.31 Å². The van der Waals surface area contributed by atoms with Crippen molar-refractivity contribution in [3.05, 3.63) is 24.4 Å². The first-order valence-corrected chi connectivity index (χ1v) is 7.54. The van der Waals surface area contributed by atoms with Gasteiger partial charge in [0, 0.05) is 19.3 Å². The summed E-state index contributed by atoms with van der Waals surface area (Å²) >= 11 is 0. The molecule has 2 aromatic rings. The van der Waals surface area contributed by atoms with Gasteiger partial charge in [-0.05, 0) is 25.5 Å². The van der Waals surface area contributed by atoms with Crippen molar-refractivity contribution in [1.82, 2.24) is 13.7 Å². The van der Waals surface area contributed by atoms with E-state index in [0.717, 1.165) is 6.42 Å². The summed E-state index contributed by atoms with van der Waals surface area (Å²) in [5.41, 5.74) is 6.31. The molecule has 6 nitrogen and oxygen atoms in total. The molecule has 104 valence electrons. The Labute approximate surface area is 112 Å². The molecule has 0 bridgehead atoms. The Morgan fingerprint density at radius 3 is 2.79 bits per heavy atom. The number of imidazole rings is 1. The van der Waals surface area contributed by atoms with Gasteiger partial charge in [0.05, 0.1) is 0 Å². The van der Waals surface area contributed by atoms with E-state index in [0.29, 0.717) is 5.65 Å². The minimum atomic E-state index is -3.66. The highest BCUT2D eigenvalue weighted by atomic mass is 32.2. The quantitative estimate of drug-likeness (QED) is 0.917. The number of anilines is 1. The largest absolute Gasteiger partial charge is 0.381 e. The zero-order valence-corrected chi connectivity index (χ0v) is 12.1. The van der Waals surface area contributed by atoms with Crippen molar-refractivity contribution in [2.75, 3.05) is 12.8 Å². The molecule has 2 N–H and O–H groups in total. The smallest absolute Gasteiger partial charge is 0.262 e. The molecule has 2 aromatic heterocycles. The molecule has 0 saturated heterocycles. The Kier molecular flexibility index (Phi) is 3.51. The van der Waals surface area contributed by atoms with Gasteiger partial charge in [0.1, 0.15) is 5.65 Å². The summed E-state index contributed by atoms with van der Waals surface area (Å²) < 4.78 is 28.1. The fraction of sp³-hybridized carbons (Fsp3) is 0.417. The third-order valence-corrected chi connectivity index (χ3v) is 5.36. The van der Waals surface area contributed by atoms with Crippen molar-refractivity contribution in [3.63, 3.8) is 0 Å². The van der Waals surface area contributed by atoms with Crippen LogP contribution in [0.15, 0.2) is 29.4 Å². The van der Waals surface area contributed by atoms with E-state index in [9.17, 15) is 8.42 Å². The van der Waals surface area contributed by atoms with Crippen LogP contribution < -0.4 is 5.73 Å². The lowest BCUT2D eigenvalue weighted by Gasteiger charge is -2.22. The van der Waals surface area contributed by atoms with Crippen LogP contribution in [0.25, 0.3) is 5.65 Å². The van der Waals surface area contributed by atoms with Crippen molar-refractivity contribution < 1.29 is 8.42 Å². The van der Waals surface area contributed by atoms with E-state index in [-0.39, 0.29) is 16.9 Å². The second-order valence-electron chi connectivity index (χ2n) is 4.51. The third-order valence-electron chi connectivity index (χ3n) is 3.35. The van der Waals surface area contributed by atoms with Crippen LogP contribution in [0.1, 0.15) is 20.3 Å². The molecule has 0 saturated carbocycles. The van der Waals surface area contributed by atoms with Crippen LogP contribution in [0.2, 0.25) is 0 Å². The minimum Gasteiger partial charge on any atom is -0.381 e. The van der Waals surface area contributed by atoms with Gasteiger partial charge in [0.15, 0.2) is 10.8 Å². The van der Waals surface area contributed by atoms with Crippen molar-refractivity contribution in [2.24, 2.45) is 0 Å². The highest BCUT2D eigenvalue weighted by Gasteiger charge is 2.30. The lowest BCUT2D eigenvalue weighted by Crippen LogP contribution is -2.35. The number of nitrogen functional groups attached to an aromatic ring is 1. The van der Waals surface area contributed by atoms with E-state index >= 15 is 0 Å². The highest BCUT2D eigenvalue weighted by Crippen LogP contribution is 2.24. The van der Waals surface area contributed by atoms with Gasteiger partial charge < -0.3 is 5.73 Å². The van der Waals surface area contributed by atoms with Crippen molar-refractivity contribution in [2.45, 2.75) is 31.3 Å². The number of fused-ring (bicyclic) bond motifs is 1. The van der Waals surface area contributed by atoms with Gasteiger partial charge in [0.25, 0.3) is 10.0 Å². The molecule has 0 aliphatic carbocycles. The molecule has 1 unspecified atom stereocenters. The number of aromatic nitrogens is 2. The minimum absolute atomic E-state index is 0.0290. The molecule has 0 spiro atoms. The number of hydrogen-bond acceptors (Lipinski definition) is 4. The summed E-state index contributed by atoms with van der Waals surface area (Å²) in [4.78, 5) is 4.08. The molecule has 2 heterocycles. The number of sulfonamides is 1. The average Bonchev–Trinajstić information content (AvgIpc) is 2.73. The van der Waals surface area contributed by atoms with E-state index in [4.69, 9.17) is 5.73 Å². The summed E-state index contributed by atoms with van der Waals surface area (Å²) in [6, 6.07) is 5.16. The van der Waals surface area contributed by atoms with Crippen LogP contribution in [0.4, 0.5) is 5.82 Å². The van der Waals surface area contributed by atoms with Gasteiger partial charge in [-0.3, -0.25) is 4.40 Å². The fourth-order valence-electron chi connectivity index (χ4n) is 1.88. The molecule has 1 atom stereocenters. The topological polar surface area (TPSA) is 80.7 Å². The molecule has 0 fully saturated rings. The Morgan fingerprint density at radius 2 is 2.16 bits per heavy atom. The van der Waals surface area contributed by atoms with Crippen molar-refractivity contribution >= 4 is 21.5 Å². The van der Waals surface area contributed by atoms with Crippen LogP contribution in [-0.4, -0.2) is 35.2 Å².